The average Bonchev–Trinajstić information content (AvgIpc) is 3.05. The van der Waals surface area contributed by atoms with Gasteiger partial charge in [-0.1, -0.05) is 85.6 Å². The minimum absolute atomic E-state index is 0.161. The van der Waals surface area contributed by atoms with Crippen molar-refractivity contribution in [3.63, 3.8) is 0 Å². The molecule has 3 atom stereocenters. The van der Waals surface area contributed by atoms with Crippen LogP contribution in [0.3, 0.4) is 0 Å². The van der Waals surface area contributed by atoms with Gasteiger partial charge in [0.1, 0.15) is 18.3 Å². The van der Waals surface area contributed by atoms with E-state index in [1.54, 1.807) is 72.8 Å². The van der Waals surface area contributed by atoms with E-state index in [2.05, 4.69) is 10.6 Å². The summed E-state index contributed by atoms with van der Waals surface area (Å²) in [5.41, 5.74) is 1.90. The molecule has 0 radical (unpaired) electrons. The van der Waals surface area contributed by atoms with Crippen LogP contribution in [0.1, 0.15) is 42.9 Å². The lowest BCUT2D eigenvalue weighted by atomic mass is 9.88. The number of rotatable bonds is 15. The molecule has 3 amide bonds. The van der Waals surface area contributed by atoms with Crippen LogP contribution in [0, 0.1) is 5.92 Å². The van der Waals surface area contributed by atoms with Crippen LogP contribution in [0.5, 0.6) is 5.75 Å². The molecule has 0 aliphatic heterocycles. The number of alkyl halides is 5. The monoisotopic (exact) mass is 729 g/mol. The molecule has 3 unspecified atom stereocenters. The zero-order chi connectivity index (χ0) is 36.5. The van der Waals surface area contributed by atoms with Crippen LogP contribution >= 0.6 is 23.2 Å². The second-order valence-corrected chi connectivity index (χ2v) is 12.3. The van der Waals surface area contributed by atoms with Crippen molar-refractivity contribution >= 4 is 46.7 Å². The smallest absolute Gasteiger partial charge is 0.405 e. The van der Waals surface area contributed by atoms with E-state index >= 15 is 0 Å². The third-order valence-corrected chi connectivity index (χ3v) is 8.22. The van der Waals surface area contributed by atoms with Crippen molar-refractivity contribution in [2.45, 2.75) is 56.8 Å². The lowest BCUT2D eigenvalue weighted by molar-refractivity contribution is -0.165. The van der Waals surface area contributed by atoms with Crippen LogP contribution in [0.4, 0.5) is 22.0 Å². The molecular weight excluding hydrogens is 696 g/mol. The maximum absolute atomic E-state index is 14.8. The number of ether oxygens (including phenoxy) is 1. The summed E-state index contributed by atoms with van der Waals surface area (Å²) in [6.45, 7) is 0.506. The summed E-state index contributed by atoms with van der Waals surface area (Å²) in [7, 11) is 1.45. The van der Waals surface area contributed by atoms with Crippen molar-refractivity contribution in [2.75, 3.05) is 13.7 Å². The first kappa shape index (κ1) is 39.2. The SMILES string of the molecule is COc1ccc(CC(NC(=O)CC(c2ccccc2)c2ccc(Cl)c(Cl)c2)C(=O)NC(C(=O)C(F)(F)C(=O)NCC(F)(F)F)C(C)C)cc1. The van der Waals surface area contributed by atoms with Gasteiger partial charge in [0.05, 0.1) is 23.2 Å². The molecule has 0 aliphatic carbocycles. The number of nitrogens with one attached hydrogen (secondary N) is 3. The highest BCUT2D eigenvalue weighted by molar-refractivity contribution is 6.42. The summed E-state index contributed by atoms with van der Waals surface area (Å²) >= 11 is 12.4. The largest absolute Gasteiger partial charge is 0.497 e. The number of methoxy groups -OCH3 is 1. The Bertz CT molecular complexity index is 1620. The molecule has 264 valence electrons. The standard InChI is InChI=1S/C34H34Cl2F5N3O5/c1-19(2)29(30(46)34(40,41)32(48)42-18-33(37,38)39)44-31(47)27(15-20-9-12-23(49-3)13-10-20)43-28(45)17-24(21-7-5-4-6-8-21)22-11-14-25(35)26(36)16-22/h4-14,16,19,24,27,29H,15,17-18H2,1-3H3,(H,42,48)(H,43,45)(H,44,47). The molecule has 3 aromatic carbocycles. The van der Waals surface area contributed by atoms with E-state index in [4.69, 9.17) is 27.9 Å². The van der Waals surface area contributed by atoms with E-state index in [0.29, 0.717) is 21.9 Å². The molecule has 3 rings (SSSR count). The number of hydrogen-bond donors (Lipinski definition) is 3. The quantitative estimate of drug-likeness (QED) is 0.126. The molecule has 0 heterocycles. The van der Waals surface area contributed by atoms with Crippen LogP contribution in [-0.2, 0) is 25.6 Å². The second-order valence-electron chi connectivity index (χ2n) is 11.5. The summed E-state index contributed by atoms with van der Waals surface area (Å²) in [6.07, 6.45) is -5.36. The Hall–Kier alpha value is -4.23. The van der Waals surface area contributed by atoms with Gasteiger partial charge in [0.25, 0.3) is 5.91 Å². The topological polar surface area (TPSA) is 114 Å². The van der Waals surface area contributed by atoms with Gasteiger partial charge in [-0.2, -0.15) is 22.0 Å². The Labute approximate surface area is 289 Å². The van der Waals surface area contributed by atoms with Crippen molar-refractivity contribution < 1.29 is 45.9 Å². The summed E-state index contributed by atoms with van der Waals surface area (Å²) in [5, 5.41) is 6.37. The average molecular weight is 731 g/mol. The number of amides is 3. The number of carbonyl (C=O) groups is 4. The minimum atomic E-state index is -5.01. The molecule has 0 fully saturated rings. The van der Waals surface area contributed by atoms with Gasteiger partial charge in [-0.05, 0) is 46.9 Å². The summed E-state index contributed by atoms with van der Waals surface area (Å²) in [4.78, 5) is 52.1. The zero-order valence-electron chi connectivity index (χ0n) is 26.5. The van der Waals surface area contributed by atoms with Crippen LogP contribution in [0.2, 0.25) is 10.0 Å². The van der Waals surface area contributed by atoms with Crippen LogP contribution < -0.4 is 20.7 Å². The van der Waals surface area contributed by atoms with Gasteiger partial charge in [-0.25, -0.2) is 0 Å². The first-order valence-corrected chi connectivity index (χ1v) is 15.7. The van der Waals surface area contributed by atoms with Crippen molar-refractivity contribution in [3.8, 4) is 5.75 Å². The lowest BCUT2D eigenvalue weighted by Gasteiger charge is -2.28. The fourth-order valence-electron chi connectivity index (χ4n) is 4.88. The van der Waals surface area contributed by atoms with Crippen molar-refractivity contribution in [1.82, 2.24) is 16.0 Å². The lowest BCUT2D eigenvalue weighted by Crippen LogP contribution is -2.59. The van der Waals surface area contributed by atoms with Gasteiger partial charge in [-0.15, -0.1) is 0 Å². The van der Waals surface area contributed by atoms with Gasteiger partial charge in [0.2, 0.25) is 17.6 Å². The molecule has 3 aromatic rings. The van der Waals surface area contributed by atoms with Gasteiger partial charge in [0.15, 0.2) is 0 Å². The molecule has 0 saturated carbocycles. The van der Waals surface area contributed by atoms with Crippen molar-refractivity contribution in [2.24, 2.45) is 5.92 Å². The highest BCUT2D eigenvalue weighted by Gasteiger charge is 2.52. The maximum Gasteiger partial charge on any atom is 0.405 e. The van der Waals surface area contributed by atoms with Crippen LogP contribution in [0.25, 0.3) is 0 Å². The van der Waals surface area contributed by atoms with Crippen LogP contribution in [-0.4, -0.2) is 61.3 Å². The maximum atomic E-state index is 14.8. The normalized spacial score (nSPS) is 13.6. The number of ketones is 1. The molecular formula is C34H34Cl2F5N3O5. The van der Waals surface area contributed by atoms with Gasteiger partial charge in [-0.3, -0.25) is 19.2 Å². The Balaban J connectivity index is 1.90. The molecule has 0 aliphatic rings. The van der Waals surface area contributed by atoms with Gasteiger partial charge < -0.3 is 20.7 Å². The Kier molecular flexibility index (Phi) is 13.5. The van der Waals surface area contributed by atoms with E-state index in [9.17, 15) is 41.1 Å². The Morgan fingerprint density at radius 3 is 2.00 bits per heavy atom. The number of carbonyl (C=O) groups excluding carboxylic acids is 4. The van der Waals surface area contributed by atoms with Gasteiger partial charge in [0, 0.05) is 18.8 Å². The summed E-state index contributed by atoms with van der Waals surface area (Å²) < 4.78 is 72.4. The second kappa shape index (κ2) is 16.9. The number of benzene rings is 3. The first-order chi connectivity index (χ1) is 22.9. The number of halogens is 7. The summed E-state index contributed by atoms with van der Waals surface area (Å²) in [5.74, 6) is -12.3. The molecule has 0 saturated heterocycles. The first-order valence-electron chi connectivity index (χ1n) is 14.9. The molecule has 0 spiro atoms. The van der Waals surface area contributed by atoms with E-state index in [1.165, 1.54) is 21.0 Å². The Morgan fingerprint density at radius 2 is 1.45 bits per heavy atom. The van der Waals surface area contributed by atoms with Gasteiger partial charge >= 0.3 is 12.1 Å². The highest BCUT2D eigenvalue weighted by atomic mass is 35.5. The third-order valence-electron chi connectivity index (χ3n) is 7.48. The number of Topliss-reactive ketones (excluding diaryl/α,β-unsaturated/α-hetero) is 1. The highest BCUT2D eigenvalue weighted by Crippen LogP contribution is 2.33. The van der Waals surface area contributed by atoms with E-state index in [1.807, 2.05) is 0 Å². The predicted molar refractivity (Wildman–Crippen MR) is 174 cm³/mol. The molecule has 15 heteroatoms. The molecule has 0 bridgehead atoms. The fourth-order valence-corrected chi connectivity index (χ4v) is 5.18. The van der Waals surface area contributed by atoms with E-state index < -0.39 is 66.1 Å². The van der Waals surface area contributed by atoms with E-state index in [0.717, 1.165) is 10.9 Å². The van der Waals surface area contributed by atoms with Crippen molar-refractivity contribution in [1.29, 1.82) is 0 Å². The molecule has 49 heavy (non-hydrogen) atoms. The zero-order valence-corrected chi connectivity index (χ0v) is 28.1. The minimum Gasteiger partial charge on any atom is -0.497 e. The third kappa shape index (κ3) is 11.1. The summed E-state index contributed by atoms with van der Waals surface area (Å²) in [6, 6.07) is 16.8. The van der Waals surface area contributed by atoms with E-state index in [-0.39, 0.29) is 17.9 Å². The fraction of sp³-hybridized carbons (Fsp3) is 0.353. The number of hydrogen-bond acceptors (Lipinski definition) is 5. The Morgan fingerprint density at radius 1 is 0.816 bits per heavy atom. The van der Waals surface area contributed by atoms with Crippen LogP contribution in [0.15, 0.2) is 72.8 Å². The molecule has 3 N–H and O–H groups in total. The molecule has 0 aromatic heterocycles. The van der Waals surface area contributed by atoms with Crippen molar-refractivity contribution in [3.05, 3.63) is 99.5 Å². The molecule has 8 nitrogen and oxygen atoms in total. The predicted octanol–water partition coefficient (Wildman–Crippen LogP) is 6.28.